The summed E-state index contributed by atoms with van der Waals surface area (Å²) in [6.07, 6.45) is 6.84. The monoisotopic (exact) mass is 278 g/mol. The second-order valence-electron chi connectivity index (χ2n) is 6.51. The van der Waals surface area contributed by atoms with Crippen molar-refractivity contribution in [2.24, 2.45) is 11.3 Å². The summed E-state index contributed by atoms with van der Waals surface area (Å²) in [7, 11) is 0. The maximum atomic E-state index is 11.8. The number of hydrogen-bond donors (Lipinski definition) is 1. The fourth-order valence-corrected chi connectivity index (χ4v) is 3.40. The van der Waals surface area contributed by atoms with Crippen LogP contribution in [0.1, 0.15) is 63.6 Å². The van der Waals surface area contributed by atoms with Gasteiger partial charge in [-0.2, -0.15) is 0 Å². The Kier molecular flexibility index (Phi) is 3.48. The number of carboxylic acid groups (broad SMARTS) is 1. The Balaban J connectivity index is 1.83. The normalized spacial score (nSPS) is 28.9. The molecule has 2 fully saturated rings. The summed E-state index contributed by atoms with van der Waals surface area (Å²) in [6.45, 7) is 2.61. The van der Waals surface area contributed by atoms with Gasteiger partial charge < -0.3 is 5.11 Å². The van der Waals surface area contributed by atoms with Crippen LogP contribution in [0.15, 0.2) is 0 Å². The van der Waals surface area contributed by atoms with Crippen molar-refractivity contribution in [2.45, 2.75) is 64.3 Å². The molecule has 6 heteroatoms. The van der Waals surface area contributed by atoms with Gasteiger partial charge in [-0.05, 0) is 35.6 Å². The summed E-state index contributed by atoms with van der Waals surface area (Å²) in [5, 5.41) is 21.7. The van der Waals surface area contributed by atoms with Crippen LogP contribution in [0.2, 0.25) is 0 Å². The minimum atomic E-state index is -0.690. The molecule has 0 bridgehead atoms. The second kappa shape index (κ2) is 5.14. The van der Waals surface area contributed by atoms with Crippen molar-refractivity contribution in [3.8, 4) is 0 Å². The average Bonchev–Trinajstić information content (AvgIpc) is 3.04. The Morgan fingerprint density at radius 1 is 1.35 bits per heavy atom. The Hall–Kier alpha value is -1.46. The zero-order valence-electron chi connectivity index (χ0n) is 12.0. The van der Waals surface area contributed by atoms with Crippen LogP contribution < -0.4 is 0 Å². The van der Waals surface area contributed by atoms with Gasteiger partial charge in [0.2, 0.25) is 0 Å². The van der Waals surface area contributed by atoms with Gasteiger partial charge in [0.25, 0.3) is 0 Å². The molecule has 0 aromatic carbocycles. The van der Waals surface area contributed by atoms with E-state index in [2.05, 4.69) is 22.4 Å². The van der Waals surface area contributed by atoms with Crippen LogP contribution in [0.3, 0.4) is 0 Å². The zero-order valence-corrected chi connectivity index (χ0v) is 12.0. The van der Waals surface area contributed by atoms with E-state index in [9.17, 15) is 9.90 Å². The van der Waals surface area contributed by atoms with Gasteiger partial charge in [-0.25, -0.2) is 4.68 Å². The molecule has 110 valence electrons. The molecule has 1 aromatic rings. The van der Waals surface area contributed by atoms with Crippen molar-refractivity contribution in [2.75, 3.05) is 0 Å². The van der Waals surface area contributed by atoms with Crippen molar-refractivity contribution < 1.29 is 9.90 Å². The molecule has 0 radical (unpaired) electrons. The molecule has 2 aliphatic rings. The maximum Gasteiger partial charge on any atom is 0.311 e. The quantitative estimate of drug-likeness (QED) is 0.854. The first-order valence-electron chi connectivity index (χ1n) is 7.62. The van der Waals surface area contributed by atoms with Gasteiger partial charge in [-0.3, -0.25) is 4.79 Å². The van der Waals surface area contributed by atoms with E-state index in [0.29, 0.717) is 18.4 Å². The van der Waals surface area contributed by atoms with Gasteiger partial charge in [0, 0.05) is 5.92 Å². The second-order valence-corrected chi connectivity index (χ2v) is 6.51. The summed E-state index contributed by atoms with van der Waals surface area (Å²) in [5.41, 5.74) is -0.682. The summed E-state index contributed by atoms with van der Waals surface area (Å²) in [6, 6.07) is 0. The standard InChI is InChI=1S/C14H22N4O2/c1-10-8-11(10)12-15-16-17-18(12)9-14(13(19)20)6-4-2-3-5-7-14/h10-11H,2-9H2,1H3,(H,19,20). The van der Waals surface area contributed by atoms with Crippen LogP contribution in [0.4, 0.5) is 0 Å². The first kappa shape index (κ1) is 13.5. The van der Waals surface area contributed by atoms with E-state index in [-0.39, 0.29) is 0 Å². The Bertz CT molecular complexity index is 491. The van der Waals surface area contributed by atoms with E-state index >= 15 is 0 Å². The first-order chi connectivity index (χ1) is 9.62. The van der Waals surface area contributed by atoms with Crippen molar-refractivity contribution >= 4 is 5.97 Å². The molecule has 2 aliphatic carbocycles. The Labute approximate surface area is 118 Å². The van der Waals surface area contributed by atoms with E-state index in [1.54, 1.807) is 4.68 Å². The third-order valence-corrected chi connectivity index (χ3v) is 4.97. The van der Waals surface area contributed by atoms with Crippen molar-refractivity contribution in [1.29, 1.82) is 0 Å². The number of carbonyl (C=O) groups is 1. The molecular formula is C14H22N4O2. The molecule has 6 nitrogen and oxygen atoms in total. The lowest BCUT2D eigenvalue weighted by atomic mass is 9.80. The molecular weight excluding hydrogens is 256 g/mol. The molecule has 2 saturated carbocycles. The van der Waals surface area contributed by atoms with E-state index in [1.165, 1.54) is 0 Å². The van der Waals surface area contributed by atoms with E-state index in [0.717, 1.165) is 50.8 Å². The summed E-state index contributed by atoms with van der Waals surface area (Å²) < 4.78 is 1.76. The third-order valence-electron chi connectivity index (χ3n) is 4.97. The van der Waals surface area contributed by atoms with Crippen molar-refractivity contribution in [1.82, 2.24) is 20.2 Å². The molecule has 0 amide bonds. The molecule has 2 atom stereocenters. The smallest absolute Gasteiger partial charge is 0.311 e. The van der Waals surface area contributed by atoms with Crippen LogP contribution in [0.25, 0.3) is 0 Å². The van der Waals surface area contributed by atoms with Gasteiger partial charge in [-0.1, -0.05) is 32.6 Å². The van der Waals surface area contributed by atoms with Crippen LogP contribution in [0, 0.1) is 11.3 Å². The molecule has 20 heavy (non-hydrogen) atoms. The van der Waals surface area contributed by atoms with E-state index in [1.807, 2.05) is 0 Å². The molecule has 0 aliphatic heterocycles. The Morgan fingerprint density at radius 2 is 2.00 bits per heavy atom. The van der Waals surface area contributed by atoms with E-state index in [4.69, 9.17) is 0 Å². The van der Waals surface area contributed by atoms with Gasteiger partial charge >= 0.3 is 5.97 Å². The van der Waals surface area contributed by atoms with Gasteiger partial charge in [-0.15, -0.1) is 5.10 Å². The van der Waals surface area contributed by atoms with Gasteiger partial charge in [0.15, 0.2) is 5.82 Å². The fourth-order valence-electron chi connectivity index (χ4n) is 3.40. The lowest BCUT2D eigenvalue weighted by Crippen LogP contribution is -2.36. The SMILES string of the molecule is CC1CC1c1nnnn1CC1(C(=O)O)CCCCCC1. The van der Waals surface area contributed by atoms with Gasteiger partial charge in [0.1, 0.15) is 0 Å². The highest BCUT2D eigenvalue weighted by atomic mass is 16.4. The van der Waals surface area contributed by atoms with E-state index < -0.39 is 11.4 Å². The minimum Gasteiger partial charge on any atom is -0.481 e. The fraction of sp³-hybridized carbons (Fsp3) is 0.857. The highest BCUT2D eigenvalue weighted by Gasteiger charge is 2.43. The predicted molar refractivity (Wildman–Crippen MR) is 72.1 cm³/mol. The van der Waals surface area contributed by atoms with Crippen LogP contribution >= 0.6 is 0 Å². The summed E-state index contributed by atoms with van der Waals surface area (Å²) in [4.78, 5) is 11.8. The lowest BCUT2D eigenvalue weighted by molar-refractivity contribution is -0.151. The zero-order chi connectivity index (χ0) is 14.2. The molecule has 1 heterocycles. The third kappa shape index (κ3) is 2.43. The topological polar surface area (TPSA) is 80.9 Å². The van der Waals surface area contributed by atoms with Crippen molar-refractivity contribution in [3.63, 3.8) is 0 Å². The number of hydrogen-bond acceptors (Lipinski definition) is 4. The average molecular weight is 278 g/mol. The molecule has 3 rings (SSSR count). The lowest BCUT2D eigenvalue weighted by Gasteiger charge is -2.27. The Morgan fingerprint density at radius 3 is 2.55 bits per heavy atom. The predicted octanol–water partition coefficient (Wildman–Crippen LogP) is 2.22. The first-order valence-corrected chi connectivity index (χ1v) is 7.62. The highest BCUT2D eigenvalue weighted by Crippen LogP contribution is 2.46. The van der Waals surface area contributed by atoms with Crippen LogP contribution in [0.5, 0.6) is 0 Å². The molecule has 1 aromatic heterocycles. The largest absolute Gasteiger partial charge is 0.481 e. The van der Waals surface area contributed by atoms with Crippen LogP contribution in [-0.4, -0.2) is 31.3 Å². The van der Waals surface area contributed by atoms with Crippen molar-refractivity contribution in [3.05, 3.63) is 5.82 Å². The molecule has 1 N–H and O–H groups in total. The number of aliphatic carboxylic acids is 1. The number of tetrazole rings is 1. The molecule has 2 unspecified atom stereocenters. The van der Waals surface area contributed by atoms with Crippen LogP contribution in [-0.2, 0) is 11.3 Å². The highest BCUT2D eigenvalue weighted by molar-refractivity contribution is 5.74. The molecule has 0 saturated heterocycles. The summed E-state index contributed by atoms with van der Waals surface area (Å²) >= 11 is 0. The van der Waals surface area contributed by atoms with Gasteiger partial charge in [0.05, 0.1) is 12.0 Å². The number of aromatic nitrogens is 4. The minimum absolute atomic E-state index is 0.418. The number of nitrogens with zero attached hydrogens (tertiary/aromatic N) is 4. The summed E-state index contributed by atoms with van der Waals surface area (Å²) in [5.74, 6) is 1.23. The number of carboxylic acids is 1. The maximum absolute atomic E-state index is 11.8. The molecule has 0 spiro atoms. The number of rotatable bonds is 4.